The van der Waals surface area contributed by atoms with Crippen molar-refractivity contribution in [1.82, 2.24) is 19.9 Å². The minimum absolute atomic E-state index is 0.497. The lowest BCUT2D eigenvalue weighted by atomic mass is 9.90. The molecule has 6 nitrogen and oxygen atoms in total. The Bertz CT molecular complexity index is 2680. The molecule has 10 rings (SSSR count). The van der Waals surface area contributed by atoms with Crippen LogP contribution in [-0.4, -0.2) is 19.9 Å². The van der Waals surface area contributed by atoms with Crippen molar-refractivity contribution in [3.05, 3.63) is 158 Å². The number of nitrogens with zero attached hydrogens (tertiary/aromatic N) is 4. The summed E-state index contributed by atoms with van der Waals surface area (Å²) in [7, 11) is 0. The molecule has 0 bridgehead atoms. The van der Waals surface area contributed by atoms with Crippen LogP contribution in [0.25, 0.3) is 101 Å². The van der Waals surface area contributed by atoms with Crippen LogP contribution in [0.5, 0.6) is 0 Å². The minimum atomic E-state index is 0.497. The van der Waals surface area contributed by atoms with Crippen LogP contribution in [0.4, 0.5) is 0 Å². The third-order valence-electron chi connectivity index (χ3n) is 9.17. The summed E-state index contributed by atoms with van der Waals surface area (Å²) in [6.07, 6.45) is 0. The number of hydrogen-bond donors (Lipinski definition) is 0. The van der Waals surface area contributed by atoms with Gasteiger partial charge in [0.2, 0.25) is 11.4 Å². The molecule has 0 aliphatic rings. The summed E-state index contributed by atoms with van der Waals surface area (Å²) in [5, 5.41) is 1.87. The molecule has 0 aliphatic carbocycles. The second-order valence-corrected chi connectivity index (χ2v) is 12.2. The summed E-state index contributed by atoms with van der Waals surface area (Å²) in [5.41, 5.74) is 12.8. The zero-order valence-electron chi connectivity index (χ0n) is 26.6. The van der Waals surface area contributed by atoms with Gasteiger partial charge in [-0.1, -0.05) is 133 Å². The number of hydrogen-bond acceptors (Lipinski definition) is 6. The van der Waals surface area contributed by atoms with Gasteiger partial charge in [-0.2, -0.15) is 0 Å². The molecule has 0 N–H and O–H groups in total. The molecule has 0 radical (unpaired) electrons. The van der Waals surface area contributed by atoms with E-state index in [-0.39, 0.29) is 0 Å². The van der Waals surface area contributed by atoms with Crippen LogP contribution in [0.2, 0.25) is 0 Å². The maximum absolute atomic E-state index is 6.27. The Morgan fingerprint density at radius 3 is 1.10 bits per heavy atom. The molecule has 0 atom stereocenters. The van der Waals surface area contributed by atoms with Crippen LogP contribution >= 0.6 is 0 Å². The number of furan rings is 2. The van der Waals surface area contributed by atoms with E-state index in [9.17, 15) is 0 Å². The maximum Gasteiger partial charge on any atom is 0.246 e. The molecule has 0 amide bonds. The molecule has 0 unspecified atom stereocenters. The topological polar surface area (TPSA) is 77.8 Å². The van der Waals surface area contributed by atoms with Crippen molar-refractivity contribution < 1.29 is 8.83 Å². The smallest absolute Gasteiger partial charge is 0.246 e. The van der Waals surface area contributed by atoms with Crippen LogP contribution < -0.4 is 0 Å². The lowest BCUT2D eigenvalue weighted by Crippen LogP contribution is -1.98. The summed E-state index contributed by atoms with van der Waals surface area (Å²) in [6.45, 7) is 0. The molecular formula is C44H26N4O2. The quantitative estimate of drug-likeness (QED) is 0.186. The zero-order chi connectivity index (χ0) is 33.0. The molecule has 4 heterocycles. The molecular weight excluding hydrogens is 617 g/mol. The fourth-order valence-electron chi connectivity index (χ4n) is 6.86. The second-order valence-electron chi connectivity index (χ2n) is 12.2. The number of rotatable bonds is 5. The number of fused-ring (bicyclic) bond motifs is 6. The van der Waals surface area contributed by atoms with Crippen molar-refractivity contribution in [1.29, 1.82) is 0 Å². The van der Waals surface area contributed by atoms with Crippen molar-refractivity contribution in [3.63, 3.8) is 0 Å². The van der Waals surface area contributed by atoms with Gasteiger partial charge in [-0.25, -0.2) is 19.9 Å². The van der Waals surface area contributed by atoms with E-state index in [2.05, 4.69) is 60.7 Å². The van der Waals surface area contributed by atoms with Crippen molar-refractivity contribution >= 4 is 44.4 Å². The highest BCUT2D eigenvalue weighted by atomic mass is 16.3. The zero-order valence-corrected chi connectivity index (χ0v) is 26.6. The van der Waals surface area contributed by atoms with Crippen LogP contribution in [-0.2, 0) is 0 Å². The average Bonchev–Trinajstić information content (AvgIpc) is 3.75. The summed E-state index contributed by atoms with van der Waals surface area (Å²) < 4.78 is 12.5. The van der Waals surface area contributed by atoms with Crippen molar-refractivity contribution in [3.8, 4) is 56.2 Å². The van der Waals surface area contributed by atoms with Gasteiger partial charge in [0.25, 0.3) is 0 Å². The first-order valence-corrected chi connectivity index (χ1v) is 16.5. The Morgan fingerprint density at radius 1 is 0.300 bits per heavy atom. The summed E-state index contributed by atoms with van der Waals surface area (Å²) in [6, 6.07) is 52.9. The van der Waals surface area contributed by atoms with Gasteiger partial charge in [-0.3, -0.25) is 0 Å². The Labute approximate surface area is 286 Å². The normalized spacial score (nSPS) is 11.6. The summed E-state index contributed by atoms with van der Waals surface area (Å²) >= 11 is 0. The van der Waals surface area contributed by atoms with Gasteiger partial charge in [-0.15, -0.1) is 0 Å². The molecule has 0 fully saturated rings. The van der Waals surface area contributed by atoms with Crippen molar-refractivity contribution in [2.24, 2.45) is 0 Å². The van der Waals surface area contributed by atoms with Gasteiger partial charge in [0.1, 0.15) is 33.6 Å². The van der Waals surface area contributed by atoms with Gasteiger partial charge in [0.15, 0.2) is 0 Å². The Hall–Kier alpha value is -6.92. The minimum Gasteiger partial charge on any atom is -0.436 e. The summed E-state index contributed by atoms with van der Waals surface area (Å²) in [4.78, 5) is 20.9. The van der Waals surface area contributed by atoms with E-state index in [1.54, 1.807) is 0 Å². The molecule has 0 saturated carbocycles. The second kappa shape index (κ2) is 11.4. The SMILES string of the molecule is c1ccc(-c2nc3c(nc2-c2ccccc2-c2ccccc2-c2nc4oc5ccccc5c4nc2-c2ccccc2)oc2ccccc23)cc1. The van der Waals surface area contributed by atoms with Gasteiger partial charge in [0, 0.05) is 33.0 Å². The predicted molar refractivity (Wildman–Crippen MR) is 199 cm³/mol. The molecule has 234 valence electrons. The lowest BCUT2D eigenvalue weighted by molar-refractivity contribution is 0.653. The Balaban J connectivity index is 1.24. The van der Waals surface area contributed by atoms with Gasteiger partial charge in [-0.05, 0) is 35.4 Å². The third kappa shape index (κ3) is 4.50. The summed E-state index contributed by atoms with van der Waals surface area (Å²) in [5.74, 6) is 0. The average molecular weight is 643 g/mol. The molecule has 0 saturated heterocycles. The van der Waals surface area contributed by atoms with Crippen LogP contribution in [0.1, 0.15) is 0 Å². The van der Waals surface area contributed by atoms with E-state index < -0.39 is 0 Å². The van der Waals surface area contributed by atoms with E-state index in [1.807, 2.05) is 97.1 Å². The number of aromatic nitrogens is 4. The largest absolute Gasteiger partial charge is 0.436 e. The first-order valence-electron chi connectivity index (χ1n) is 16.5. The molecule has 4 aromatic heterocycles. The monoisotopic (exact) mass is 642 g/mol. The van der Waals surface area contributed by atoms with E-state index in [0.717, 1.165) is 89.1 Å². The molecule has 0 spiro atoms. The van der Waals surface area contributed by atoms with Crippen molar-refractivity contribution in [2.75, 3.05) is 0 Å². The fourth-order valence-corrected chi connectivity index (χ4v) is 6.86. The third-order valence-corrected chi connectivity index (χ3v) is 9.17. The Kier molecular flexibility index (Phi) is 6.39. The van der Waals surface area contributed by atoms with Crippen LogP contribution in [0.3, 0.4) is 0 Å². The van der Waals surface area contributed by atoms with E-state index in [0.29, 0.717) is 11.4 Å². The van der Waals surface area contributed by atoms with Gasteiger partial charge in [0.05, 0.1) is 11.4 Å². The fraction of sp³-hybridized carbons (Fsp3) is 0. The first kappa shape index (κ1) is 28.1. The predicted octanol–water partition coefficient (Wildman–Crippen LogP) is 11.4. The van der Waals surface area contributed by atoms with Gasteiger partial charge >= 0.3 is 0 Å². The van der Waals surface area contributed by atoms with Crippen LogP contribution in [0, 0.1) is 0 Å². The highest BCUT2D eigenvalue weighted by Crippen LogP contribution is 2.43. The van der Waals surface area contributed by atoms with Gasteiger partial charge < -0.3 is 8.83 Å². The molecule has 0 aliphatic heterocycles. The van der Waals surface area contributed by atoms with Crippen molar-refractivity contribution in [2.45, 2.75) is 0 Å². The molecule has 6 heteroatoms. The van der Waals surface area contributed by atoms with E-state index >= 15 is 0 Å². The first-order chi connectivity index (χ1) is 24.8. The Morgan fingerprint density at radius 2 is 0.660 bits per heavy atom. The van der Waals surface area contributed by atoms with Crippen LogP contribution in [0.15, 0.2) is 167 Å². The standard InChI is InChI=1S/C44H26N4O2/c1-3-15-27(16-4-1)37-39(47-43-41(45-37)33-23-11-13-25-35(33)49-43)31-21-9-7-19-29(31)30-20-8-10-22-32(30)40-38(28-17-5-2-6-18-28)46-42-34-24-12-14-26-36(34)50-44(42)48-40/h1-26H. The molecule has 50 heavy (non-hydrogen) atoms. The number of para-hydroxylation sites is 2. The van der Waals surface area contributed by atoms with E-state index in [4.69, 9.17) is 28.8 Å². The molecule has 10 aromatic rings. The lowest BCUT2D eigenvalue weighted by Gasteiger charge is -2.17. The highest BCUT2D eigenvalue weighted by molar-refractivity contribution is 6.05. The number of benzene rings is 6. The molecule has 6 aromatic carbocycles. The highest BCUT2D eigenvalue weighted by Gasteiger charge is 2.24. The maximum atomic E-state index is 6.27. The van der Waals surface area contributed by atoms with E-state index in [1.165, 1.54) is 0 Å².